The lowest BCUT2D eigenvalue weighted by atomic mass is 10.0. The Bertz CT molecular complexity index is 751. The van der Waals surface area contributed by atoms with Gasteiger partial charge in [-0.15, -0.1) is 0 Å². The summed E-state index contributed by atoms with van der Waals surface area (Å²) in [5, 5.41) is 3.19. The quantitative estimate of drug-likeness (QED) is 0.936. The first-order valence-corrected chi connectivity index (χ1v) is 7.74. The molecule has 2 aromatic rings. The van der Waals surface area contributed by atoms with Crippen LogP contribution >= 0.6 is 0 Å². The summed E-state index contributed by atoms with van der Waals surface area (Å²) in [6.07, 6.45) is -0.0248. The molecule has 0 aromatic heterocycles. The zero-order chi connectivity index (χ0) is 17.1. The topological polar surface area (TPSA) is 32.3 Å². The molecule has 1 N–H and O–H groups in total. The molecule has 1 saturated heterocycles. The summed E-state index contributed by atoms with van der Waals surface area (Å²) >= 11 is 0. The van der Waals surface area contributed by atoms with Crippen molar-refractivity contribution < 1.29 is 18.0 Å². The van der Waals surface area contributed by atoms with Gasteiger partial charge in [-0.2, -0.15) is 0 Å². The normalized spacial score (nSPS) is 17.8. The average molecular weight is 334 g/mol. The second-order valence-corrected chi connectivity index (χ2v) is 5.79. The second kappa shape index (κ2) is 7.05. The largest absolute Gasteiger partial charge is 0.333 e. The fraction of sp³-hybridized carbons (Fsp3) is 0.278. The van der Waals surface area contributed by atoms with Gasteiger partial charge < -0.3 is 10.2 Å². The molecule has 0 spiro atoms. The number of rotatable bonds is 3. The molecule has 0 bridgehead atoms. The Morgan fingerprint density at radius 1 is 1.12 bits per heavy atom. The van der Waals surface area contributed by atoms with Crippen LogP contribution in [-0.2, 0) is 11.2 Å². The number of piperazine rings is 1. The Morgan fingerprint density at radius 2 is 1.96 bits per heavy atom. The minimum Gasteiger partial charge on any atom is -0.333 e. The van der Waals surface area contributed by atoms with Gasteiger partial charge in [0.05, 0.1) is 12.5 Å². The van der Waals surface area contributed by atoms with Crippen molar-refractivity contribution >= 4 is 5.91 Å². The van der Waals surface area contributed by atoms with Crippen LogP contribution in [0, 0.1) is 17.5 Å². The van der Waals surface area contributed by atoms with Crippen molar-refractivity contribution in [1.82, 2.24) is 10.2 Å². The fourth-order valence-electron chi connectivity index (χ4n) is 2.94. The molecular weight excluding hydrogens is 317 g/mol. The van der Waals surface area contributed by atoms with Crippen LogP contribution in [0.3, 0.4) is 0 Å². The molecule has 0 aliphatic carbocycles. The third kappa shape index (κ3) is 3.59. The Balaban J connectivity index is 1.79. The van der Waals surface area contributed by atoms with E-state index in [1.54, 1.807) is 17.0 Å². The van der Waals surface area contributed by atoms with Crippen LogP contribution in [0.25, 0.3) is 0 Å². The highest BCUT2D eigenvalue weighted by atomic mass is 19.2. The van der Waals surface area contributed by atoms with Gasteiger partial charge in [0.15, 0.2) is 11.6 Å². The maximum absolute atomic E-state index is 13.5. The standard InChI is InChI=1S/C18H17F3N2O/c19-14-3-1-2-13(10-14)17-11-22-6-7-23(17)18(24)9-12-4-5-15(20)16(21)8-12/h1-5,8,10,17,22H,6-7,9,11H2. The maximum atomic E-state index is 13.5. The van der Waals surface area contributed by atoms with Gasteiger partial charge in [0, 0.05) is 19.6 Å². The van der Waals surface area contributed by atoms with E-state index in [2.05, 4.69) is 5.32 Å². The molecule has 3 rings (SSSR count). The van der Waals surface area contributed by atoms with Crippen molar-refractivity contribution in [2.24, 2.45) is 0 Å². The van der Waals surface area contributed by atoms with Gasteiger partial charge in [-0.3, -0.25) is 4.79 Å². The number of nitrogens with zero attached hydrogens (tertiary/aromatic N) is 1. The lowest BCUT2D eigenvalue weighted by Crippen LogP contribution is -2.49. The molecule has 1 atom stereocenters. The van der Waals surface area contributed by atoms with Crippen LogP contribution in [0.15, 0.2) is 42.5 Å². The summed E-state index contributed by atoms with van der Waals surface area (Å²) in [4.78, 5) is 14.3. The van der Waals surface area contributed by atoms with Crippen molar-refractivity contribution in [1.29, 1.82) is 0 Å². The molecule has 6 heteroatoms. The maximum Gasteiger partial charge on any atom is 0.227 e. The predicted molar refractivity (Wildman–Crippen MR) is 83.8 cm³/mol. The number of carbonyl (C=O) groups is 1. The first kappa shape index (κ1) is 16.5. The van der Waals surface area contributed by atoms with E-state index in [4.69, 9.17) is 0 Å². The molecule has 1 aliphatic rings. The summed E-state index contributed by atoms with van der Waals surface area (Å²) in [5.74, 6) is -2.46. The number of halogens is 3. The van der Waals surface area contributed by atoms with Crippen LogP contribution in [-0.4, -0.2) is 30.4 Å². The van der Waals surface area contributed by atoms with E-state index in [1.165, 1.54) is 18.2 Å². The average Bonchev–Trinajstić information content (AvgIpc) is 2.58. The third-order valence-electron chi connectivity index (χ3n) is 4.14. The van der Waals surface area contributed by atoms with E-state index in [1.807, 2.05) is 0 Å². The summed E-state index contributed by atoms with van der Waals surface area (Å²) in [7, 11) is 0. The Morgan fingerprint density at radius 3 is 2.71 bits per heavy atom. The van der Waals surface area contributed by atoms with Crippen LogP contribution in [0.1, 0.15) is 17.2 Å². The number of carbonyl (C=O) groups excluding carboxylic acids is 1. The summed E-state index contributed by atoms with van der Waals surface area (Å²) in [6.45, 7) is 1.63. The lowest BCUT2D eigenvalue weighted by Gasteiger charge is -2.36. The zero-order valence-corrected chi connectivity index (χ0v) is 12.9. The highest BCUT2D eigenvalue weighted by Crippen LogP contribution is 2.24. The van der Waals surface area contributed by atoms with Crippen LogP contribution in [0.4, 0.5) is 13.2 Å². The monoisotopic (exact) mass is 334 g/mol. The van der Waals surface area contributed by atoms with Crippen molar-refractivity contribution in [3.05, 3.63) is 71.0 Å². The van der Waals surface area contributed by atoms with Gasteiger partial charge in [-0.25, -0.2) is 13.2 Å². The first-order chi connectivity index (χ1) is 11.5. The Kier molecular flexibility index (Phi) is 4.85. The third-order valence-corrected chi connectivity index (χ3v) is 4.14. The van der Waals surface area contributed by atoms with Gasteiger partial charge in [0.25, 0.3) is 0 Å². The molecule has 1 amide bonds. The van der Waals surface area contributed by atoms with Crippen molar-refractivity contribution in [3.63, 3.8) is 0 Å². The van der Waals surface area contributed by atoms with Crippen LogP contribution in [0.5, 0.6) is 0 Å². The Labute approximate surface area is 138 Å². The highest BCUT2D eigenvalue weighted by molar-refractivity contribution is 5.79. The summed E-state index contributed by atoms with van der Waals surface area (Å²) in [5.41, 5.74) is 1.12. The van der Waals surface area contributed by atoms with E-state index in [0.717, 1.165) is 12.1 Å². The molecule has 24 heavy (non-hydrogen) atoms. The van der Waals surface area contributed by atoms with Gasteiger partial charge >= 0.3 is 0 Å². The minimum absolute atomic E-state index is 0.0248. The molecule has 2 aromatic carbocycles. The molecule has 1 fully saturated rings. The molecule has 0 saturated carbocycles. The highest BCUT2D eigenvalue weighted by Gasteiger charge is 2.28. The van der Waals surface area contributed by atoms with Crippen molar-refractivity contribution in [2.75, 3.05) is 19.6 Å². The van der Waals surface area contributed by atoms with E-state index >= 15 is 0 Å². The SMILES string of the molecule is O=C(Cc1ccc(F)c(F)c1)N1CCNCC1c1cccc(F)c1. The zero-order valence-electron chi connectivity index (χ0n) is 12.9. The second-order valence-electron chi connectivity index (χ2n) is 5.79. The van der Waals surface area contributed by atoms with Gasteiger partial charge in [-0.1, -0.05) is 18.2 Å². The molecule has 126 valence electrons. The van der Waals surface area contributed by atoms with Gasteiger partial charge in [0.1, 0.15) is 5.82 Å². The van der Waals surface area contributed by atoms with E-state index < -0.39 is 11.6 Å². The molecule has 1 heterocycles. The minimum atomic E-state index is -0.970. The number of amides is 1. The molecule has 3 nitrogen and oxygen atoms in total. The van der Waals surface area contributed by atoms with E-state index in [0.29, 0.717) is 30.8 Å². The fourth-order valence-corrected chi connectivity index (χ4v) is 2.94. The molecule has 1 aliphatic heterocycles. The first-order valence-electron chi connectivity index (χ1n) is 7.74. The van der Waals surface area contributed by atoms with Gasteiger partial charge in [0.2, 0.25) is 5.91 Å². The number of hydrogen-bond acceptors (Lipinski definition) is 2. The van der Waals surface area contributed by atoms with Gasteiger partial charge in [-0.05, 0) is 35.4 Å². The number of hydrogen-bond donors (Lipinski definition) is 1. The van der Waals surface area contributed by atoms with E-state index in [9.17, 15) is 18.0 Å². The van der Waals surface area contributed by atoms with Crippen molar-refractivity contribution in [2.45, 2.75) is 12.5 Å². The molecule has 0 radical (unpaired) electrons. The van der Waals surface area contributed by atoms with Crippen molar-refractivity contribution in [3.8, 4) is 0 Å². The number of benzene rings is 2. The van der Waals surface area contributed by atoms with Crippen LogP contribution < -0.4 is 5.32 Å². The predicted octanol–water partition coefficient (Wildman–Crippen LogP) is 2.82. The summed E-state index contributed by atoms with van der Waals surface area (Å²) < 4.78 is 39.8. The summed E-state index contributed by atoms with van der Waals surface area (Å²) in [6, 6.07) is 9.31. The smallest absolute Gasteiger partial charge is 0.227 e. The van der Waals surface area contributed by atoms with Crippen LogP contribution in [0.2, 0.25) is 0 Å². The Hall–Kier alpha value is -2.34. The molecule has 1 unspecified atom stereocenters. The van der Waals surface area contributed by atoms with E-state index in [-0.39, 0.29) is 24.2 Å². The molecular formula is C18H17F3N2O. The number of nitrogens with one attached hydrogen (secondary N) is 1. The lowest BCUT2D eigenvalue weighted by molar-refractivity contribution is -0.133.